The molecule has 1 aliphatic carbocycles. The molecule has 1 heterocycles. The monoisotopic (exact) mass is 726 g/mol. The van der Waals surface area contributed by atoms with Crippen LogP contribution in [0.15, 0.2) is 194 Å². The Balaban J connectivity index is 1.10. The average Bonchev–Trinajstić information content (AvgIpc) is 3.51. The van der Waals surface area contributed by atoms with E-state index in [-0.39, 0.29) is 5.41 Å². The van der Waals surface area contributed by atoms with Gasteiger partial charge in [0.2, 0.25) is 0 Å². The lowest BCUT2D eigenvalue weighted by Crippen LogP contribution is -2.14. The largest absolute Gasteiger partial charge is 0.228 e. The summed E-state index contributed by atoms with van der Waals surface area (Å²) in [6.07, 6.45) is 0. The van der Waals surface area contributed by atoms with E-state index in [0.717, 1.165) is 33.6 Å². The molecule has 2 heteroatoms. The topological polar surface area (TPSA) is 25.8 Å². The highest BCUT2D eigenvalue weighted by Crippen LogP contribution is 2.52. The zero-order chi connectivity index (χ0) is 38.1. The third kappa shape index (κ3) is 5.40. The van der Waals surface area contributed by atoms with Gasteiger partial charge in [0, 0.05) is 22.1 Å². The van der Waals surface area contributed by atoms with Crippen LogP contribution in [0.4, 0.5) is 0 Å². The number of rotatable bonds is 5. The molecule has 1 aliphatic rings. The predicted molar refractivity (Wildman–Crippen MR) is 239 cm³/mol. The van der Waals surface area contributed by atoms with E-state index in [1.807, 2.05) is 0 Å². The molecule has 0 aliphatic heterocycles. The second-order valence-corrected chi connectivity index (χ2v) is 15.7. The summed E-state index contributed by atoms with van der Waals surface area (Å²) in [5.74, 6) is 0.702. The molecule has 0 N–H and O–H groups in total. The number of hydrogen-bond donors (Lipinski definition) is 0. The number of benzene rings is 9. The lowest BCUT2D eigenvalue weighted by Gasteiger charge is -2.21. The molecule has 57 heavy (non-hydrogen) atoms. The van der Waals surface area contributed by atoms with Gasteiger partial charge in [0.15, 0.2) is 5.82 Å². The summed E-state index contributed by atoms with van der Waals surface area (Å²) in [7, 11) is 0. The molecule has 0 spiro atoms. The molecule has 0 saturated carbocycles. The first-order chi connectivity index (χ1) is 28.0. The van der Waals surface area contributed by atoms with Gasteiger partial charge in [-0.25, -0.2) is 9.97 Å². The van der Waals surface area contributed by atoms with Crippen LogP contribution < -0.4 is 0 Å². The Hall–Kier alpha value is -7.16. The molecule has 9 aromatic carbocycles. The molecule has 0 atom stereocenters. The summed E-state index contributed by atoms with van der Waals surface area (Å²) in [5.41, 5.74) is 15.1. The van der Waals surface area contributed by atoms with Crippen LogP contribution in [0, 0.1) is 0 Å². The van der Waals surface area contributed by atoms with Crippen molar-refractivity contribution in [2.24, 2.45) is 0 Å². The summed E-state index contributed by atoms with van der Waals surface area (Å²) in [6.45, 7) is 4.68. The minimum absolute atomic E-state index is 0.0486. The Morgan fingerprint density at radius 1 is 0.333 bits per heavy atom. The van der Waals surface area contributed by atoms with Gasteiger partial charge in [-0.3, -0.25) is 0 Å². The highest BCUT2D eigenvalue weighted by Gasteiger charge is 2.36. The van der Waals surface area contributed by atoms with Gasteiger partial charge in [-0.1, -0.05) is 196 Å². The van der Waals surface area contributed by atoms with E-state index in [0.29, 0.717) is 5.82 Å². The standard InChI is InChI=1S/C55H38N2/c1-55(2)48-21-11-10-19-46(48)52-43(20-12-22-49(52)55)38-25-27-39(28-26-38)50-34-51(57-54(56-50)40-29-23-36(24-30-40)35-13-4-3-5-14-35)53-44-18-9-7-16-41(44)33-47-42-17-8-6-15-37(42)31-32-45(47)53/h3-34H,1-2H3. The molecule has 0 unspecified atom stereocenters. The van der Waals surface area contributed by atoms with Crippen molar-refractivity contribution in [3.05, 3.63) is 205 Å². The summed E-state index contributed by atoms with van der Waals surface area (Å²) >= 11 is 0. The van der Waals surface area contributed by atoms with E-state index in [1.54, 1.807) is 0 Å². The summed E-state index contributed by atoms with van der Waals surface area (Å²) in [5, 5.41) is 7.23. The van der Waals surface area contributed by atoms with Crippen molar-refractivity contribution in [3.63, 3.8) is 0 Å². The molecule has 268 valence electrons. The number of aromatic nitrogens is 2. The zero-order valence-electron chi connectivity index (χ0n) is 31.9. The smallest absolute Gasteiger partial charge is 0.160 e. The SMILES string of the molecule is CC1(C)c2ccccc2-c2c(-c3ccc(-c4cc(-c5c6ccccc6cc6c5ccc5ccccc56)nc(-c5ccc(-c6ccccc6)cc5)n4)cc3)cccc21. The Morgan fingerprint density at radius 3 is 1.75 bits per heavy atom. The average molecular weight is 727 g/mol. The lowest BCUT2D eigenvalue weighted by molar-refractivity contribution is 0.660. The third-order valence-electron chi connectivity index (χ3n) is 12.1. The van der Waals surface area contributed by atoms with Crippen LogP contribution in [0.25, 0.3) is 99.6 Å². The van der Waals surface area contributed by atoms with Crippen LogP contribution in [0.5, 0.6) is 0 Å². The van der Waals surface area contributed by atoms with Gasteiger partial charge in [-0.15, -0.1) is 0 Å². The van der Waals surface area contributed by atoms with E-state index in [4.69, 9.17) is 9.97 Å². The van der Waals surface area contributed by atoms with Crippen molar-refractivity contribution in [3.8, 4) is 67.3 Å². The van der Waals surface area contributed by atoms with E-state index < -0.39 is 0 Å². The minimum atomic E-state index is -0.0486. The Morgan fingerprint density at radius 2 is 0.930 bits per heavy atom. The van der Waals surface area contributed by atoms with Crippen molar-refractivity contribution in [2.75, 3.05) is 0 Å². The fourth-order valence-electron chi connectivity index (χ4n) is 9.21. The van der Waals surface area contributed by atoms with Crippen molar-refractivity contribution < 1.29 is 0 Å². The summed E-state index contributed by atoms with van der Waals surface area (Å²) in [6, 6.07) is 70.1. The molecule has 0 amide bonds. The van der Waals surface area contributed by atoms with Gasteiger partial charge in [0.05, 0.1) is 11.4 Å². The van der Waals surface area contributed by atoms with Crippen LogP contribution in [-0.4, -0.2) is 9.97 Å². The number of fused-ring (bicyclic) bond motifs is 7. The number of hydrogen-bond acceptors (Lipinski definition) is 2. The van der Waals surface area contributed by atoms with E-state index >= 15 is 0 Å². The quantitative estimate of drug-likeness (QED) is 0.130. The molecule has 0 radical (unpaired) electrons. The van der Waals surface area contributed by atoms with Gasteiger partial charge in [-0.2, -0.15) is 0 Å². The maximum atomic E-state index is 5.41. The molecule has 1 aromatic heterocycles. The third-order valence-corrected chi connectivity index (χ3v) is 12.1. The Kier molecular flexibility index (Phi) is 7.55. The first kappa shape index (κ1) is 33.2. The highest BCUT2D eigenvalue weighted by atomic mass is 14.9. The lowest BCUT2D eigenvalue weighted by atomic mass is 9.82. The maximum absolute atomic E-state index is 5.41. The van der Waals surface area contributed by atoms with Crippen molar-refractivity contribution >= 4 is 32.3 Å². The normalized spacial score (nSPS) is 12.9. The van der Waals surface area contributed by atoms with E-state index in [2.05, 4.69) is 208 Å². The van der Waals surface area contributed by atoms with E-state index in [1.165, 1.54) is 71.3 Å². The van der Waals surface area contributed by atoms with Crippen molar-refractivity contribution in [2.45, 2.75) is 19.3 Å². The minimum Gasteiger partial charge on any atom is -0.228 e. The van der Waals surface area contributed by atoms with Gasteiger partial charge >= 0.3 is 0 Å². The Labute approximate surface area is 332 Å². The molecule has 11 rings (SSSR count). The Bertz CT molecular complexity index is 3180. The maximum Gasteiger partial charge on any atom is 0.160 e. The predicted octanol–water partition coefficient (Wildman–Crippen LogP) is 14.6. The van der Waals surface area contributed by atoms with Crippen LogP contribution in [0.2, 0.25) is 0 Å². The molecule has 10 aromatic rings. The van der Waals surface area contributed by atoms with Crippen LogP contribution in [0.3, 0.4) is 0 Å². The molecule has 0 bridgehead atoms. The first-order valence-electron chi connectivity index (χ1n) is 19.7. The molecule has 0 saturated heterocycles. The second-order valence-electron chi connectivity index (χ2n) is 15.7. The first-order valence-corrected chi connectivity index (χ1v) is 19.7. The molecule has 0 fully saturated rings. The van der Waals surface area contributed by atoms with Crippen molar-refractivity contribution in [1.82, 2.24) is 9.97 Å². The van der Waals surface area contributed by atoms with Gasteiger partial charge < -0.3 is 0 Å². The van der Waals surface area contributed by atoms with Gasteiger partial charge in [0.25, 0.3) is 0 Å². The van der Waals surface area contributed by atoms with Crippen LogP contribution >= 0.6 is 0 Å². The molecular weight excluding hydrogens is 689 g/mol. The van der Waals surface area contributed by atoms with Gasteiger partial charge in [0.1, 0.15) is 0 Å². The van der Waals surface area contributed by atoms with Gasteiger partial charge in [-0.05, 0) is 89.0 Å². The fraction of sp³-hybridized carbons (Fsp3) is 0.0545. The zero-order valence-corrected chi connectivity index (χ0v) is 31.9. The fourth-order valence-corrected chi connectivity index (χ4v) is 9.21. The molecular formula is C55H38N2. The summed E-state index contributed by atoms with van der Waals surface area (Å²) < 4.78 is 0. The van der Waals surface area contributed by atoms with Crippen LogP contribution in [0.1, 0.15) is 25.0 Å². The second kappa shape index (κ2) is 13.0. The highest BCUT2D eigenvalue weighted by molar-refractivity contribution is 6.19. The van der Waals surface area contributed by atoms with Crippen LogP contribution in [-0.2, 0) is 5.41 Å². The van der Waals surface area contributed by atoms with Crippen molar-refractivity contribution in [1.29, 1.82) is 0 Å². The van der Waals surface area contributed by atoms with E-state index in [9.17, 15) is 0 Å². The summed E-state index contributed by atoms with van der Waals surface area (Å²) in [4.78, 5) is 10.7. The number of nitrogens with zero attached hydrogens (tertiary/aromatic N) is 2. The molecule has 2 nitrogen and oxygen atoms in total.